The lowest BCUT2D eigenvalue weighted by Crippen LogP contribution is -2.17. The second-order valence-electron chi connectivity index (χ2n) is 6.01. The van der Waals surface area contributed by atoms with Crippen molar-refractivity contribution in [2.45, 2.75) is 0 Å². The number of methoxy groups -OCH3 is 1. The third-order valence-corrected chi connectivity index (χ3v) is 4.72. The Morgan fingerprint density at radius 1 is 1.00 bits per heavy atom. The van der Waals surface area contributed by atoms with Gasteiger partial charge in [-0.25, -0.2) is 10.2 Å². The molecule has 0 saturated heterocycles. The summed E-state index contributed by atoms with van der Waals surface area (Å²) in [6.07, 6.45) is 1.40. The minimum absolute atomic E-state index is 0.292. The smallest absolute Gasteiger partial charge is 0.343 e. The van der Waals surface area contributed by atoms with Crippen LogP contribution in [0.15, 0.2) is 76.3 Å². The highest BCUT2D eigenvalue weighted by molar-refractivity contribution is 9.10. The third kappa shape index (κ3) is 5.68. The Kier molecular flexibility index (Phi) is 7.21. The monoisotopic (exact) mass is 486 g/mol. The zero-order valence-corrected chi connectivity index (χ0v) is 18.1. The number of carbonyl (C=O) groups is 2. The van der Waals surface area contributed by atoms with Crippen LogP contribution in [0.2, 0.25) is 5.02 Å². The Bertz CT molecular complexity index is 1080. The number of ether oxygens (including phenoxy) is 2. The van der Waals surface area contributed by atoms with E-state index in [0.29, 0.717) is 33.2 Å². The average Bonchev–Trinajstić information content (AvgIpc) is 2.76. The minimum Gasteiger partial charge on any atom is -0.497 e. The first-order valence-corrected chi connectivity index (χ1v) is 9.88. The van der Waals surface area contributed by atoms with Crippen LogP contribution in [0.25, 0.3) is 0 Å². The molecule has 0 aliphatic heterocycles. The molecule has 0 fully saturated rings. The average molecular weight is 488 g/mol. The second kappa shape index (κ2) is 10.0. The number of hydrazone groups is 1. The van der Waals surface area contributed by atoms with Crippen molar-refractivity contribution in [2.24, 2.45) is 5.10 Å². The summed E-state index contributed by atoms with van der Waals surface area (Å²) < 4.78 is 11.3. The molecule has 0 unspecified atom stereocenters. The lowest BCUT2D eigenvalue weighted by Gasteiger charge is -2.08. The molecule has 0 bridgehead atoms. The van der Waals surface area contributed by atoms with Gasteiger partial charge in [0.25, 0.3) is 5.91 Å². The molecule has 0 spiro atoms. The van der Waals surface area contributed by atoms with E-state index in [-0.39, 0.29) is 5.91 Å². The summed E-state index contributed by atoms with van der Waals surface area (Å²) in [5.41, 5.74) is 3.73. The Labute approximate surface area is 186 Å². The zero-order chi connectivity index (χ0) is 21.5. The van der Waals surface area contributed by atoms with Gasteiger partial charge in [0.05, 0.1) is 18.9 Å². The molecule has 30 heavy (non-hydrogen) atoms. The molecule has 0 aliphatic rings. The molecular formula is C22H16BrClN2O4. The Morgan fingerprint density at radius 2 is 1.67 bits per heavy atom. The lowest BCUT2D eigenvalue weighted by atomic mass is 10.2. The van der Waals surface area contributed by atoms with Crippen LogP contribution in [-0.2, 0) is 0 Å². The number of halogens is 2. The van der Waals surface area contributed by atoms with Crippen molar-refractivity contribution in [1.82, 2.24) is 5.43 Å². The van der Waals surface area contributed by atoms with Gasteiger partial charge in [0, 0.05) is 20.6 Å². The van der Waals surface area contributed by atoms with Gasteiger partial charge < -0.3 is 9.47 Å². The number of amides is 1. The van der Waals surface area contributed by atoms with Gasteiger partial charge in [-0.15, -0.1) is 0 Å². The number of rotatable bonds is 6. The van der Waals surface area contributed by atoms with Crippen molar-refractivity contribution in [1.29, 1.82) is 0 Å². The molecule has 1 amide bonds. The largest absolute Gasteiger partial charge is 0.497 e. The fourth-order valence-electron chi connectivity index (χ4n) is 2.43. The maximum atomic E-state index is 12.4. The number of hydrogen-bond donors (Lipinski definition) is 1. The Hall–Kier alpha value is -3.16. The summed E-state index contributed by atoms with van der Waals surface area (Å²) in [6.45, 7) is 0. The lowest BCUT2D eigenvalue weighted by molar-refractivity contribution is 0.0734. The van der Waals surface area contributed by atoms with Crippen molar-refractivity contribution < 1.29 is 19.1 Å². The van der Waals surface area contributed by atoms with Gasteiger partial charge in [0.2, 0.25) is 0 Å². The van der Waals surface area contributed by atoms with E-state index in [1.165, 1.54) is 6.21 Å². The van der Waals surface area contributed by atoms with Crippen molar-refractivity contribution in [3.63, 3.8) is 0 Å². The van der Waals surface area contributed by atoms with Gasteiger partial charge in [-0.05, 0) is 66.7 Å². The fourth-order valence-corrected chi connectivity index (χ4v) is 2.93. The molecule has 0 aliphatic carbocycles. The number of esters is 1. The van der Waals surface area contributed by atoms with Crippen LogP contribution in [0, 0.1) is 0 Å². The van der Waals surface area contributed by atoms with E-state index in [1.807, 2.05) is 0 Å². The first-order valence-electron chi connectivity index (χ1n) is 8.71. The SMILES string of the molecule is COc1ccc(C(=O)NN=Cc2cc(Br)ccc2OC(=O)c2ccc(Cl)cc2)cc1. The molecule has 6 nitrogen and oxygen atoms in total. The van der Waals surface area contributed by atoms with Crippen molar-refractivity contribution >= 4 is 45.6 Å². The van der Waals surface area contributed by atoms with Gasteiger partial charge >= 0.3 is 5.97 Å². The highest BCUT2D eigenvalue weighted by Gasteiger charge is 2.12. The number of benzene rings is 3. The van der Waals surface area contributed by atoms with E-state index in [1.54, 1.807) is 73.8 Å². The van der Waals surface area contributed by atoms with E-state index in [0.717, 1.165) is 4.47 Å². The molecule has 8 heteroatoms. The number of nitrogens with one attached hydrogen (secondary N) is 1. The summed E-state index contributed by atoms with van der Waals surface area (Å²) in [6, 6.07) is 18.1. The standard InChI is InChI=1S/C22H16BrClN2O4/c1-29-19-9-4-14(5-10-19)21(27)26-25-13-16-12-17(23)6-11-20(16)30-22(28)15-2-7-18(24)8-3-15/h2-13H,1H3,(H,26,27). The van der Waals surface area contributed by atoms with Crippen LogP contribution in [0.1, 0.15) is 26.3 Å². The summed E-state index contributed by atoms with van der Waals surface area (Å²) in [5.74, 6) is 0.0199. The highest BCUT2D eigenvalue weighted by atomic mass is 79.9. The Morgan fingerprint density at radius 3 is 2.33 bits per heavy atom. The number of nitrogens with zero attached hydrogens (tertiary/aromatic N) is 1. The first kappa shape index (κ1) is 21.5. The molecule has 1 N–H and O–H groups in total. The number of hydrogen-bond acceptors (Lipinski definition) is 5. The van der Waals surface area contributed by atoms with E-state index < -0.39 is 5.97 Å². The maximum Gasteiger partial charge on any atom is 0.343 e. The van der Waals surface area contributed by atoms with Crippen LogP contribution in [0.5, 0.6) is 11.5 Å². The van der Waals surface area contributed by atoms with Crippen LogP contribution in [-0.4, -0.2) is 25.2 Å². The summed E-state index contributed by atoms with van der Waals surface area (Å²) in [5, 5.41) is 4.49. The van der Waals surface area contributed by atoms with E-state index >= 15 is 0 Å². The predicted octanol–water partition coefficient (Wildman–Crippen LogP) is 5.09. The highest BCUT2D eigenvalue weighted by Crippen LogP contribution is 2.23. The maximum absolute atomic E-state index is 12.4. The second-order valence-corrected chi connectivity index (χ2v) is 7.36. The molecule has 152 valence electrons. The molecule has 3 rings (SSSR count). The van der Waals surface area contributed by atoms with Crippen molar-refractivity contribution in [3.05, 3.63) is 92.9 Å². The Balaban J connectivity index is 1.71. The van der Waals surface area contributed by atoms with Gasteiger partial charge in [-0.1, -0.05) is 27.5 Å². The fraction of sp³-hybridized carbons (Fsp3) is 0.0455. The minimum atomic E-state index is -0.536. The van der Waals surface area contributed by atoms with Gasteiger partial charge in [0.1, 0.15) is 11.5 Å². The first-order chi connectivity index (χ1) is 14.5. The molecule has 0 saturated carbocycles. The molecule has 0 aromatic heterocycles. The molecule has 0 heterocycles. The van der Waals surface area contributed by atoms with E-state index in [9.17, 15) is 9.59 Å². The predicted molar refractivity (Wildman–Crippen MR) is 119 cm³/mol. The molecule has 0 atom stereocenters. The summed E-state index contributed by atoms with van der Waals surface area (Å²) in [4.78, 5) is 24.6. The quantitative estimate of drug-likeness (QED) is 0.227. The third-order valence-electron chi connectivity index (χ3n) is 3.98. The summed E-state index contributed by atoms with van der Waals surface area (Å²) >= 11 is 9.22. The molecular weight excluding hydrogens is 472 g/mol. The number of carbonyl (C=O) groups excluding carboxylic acids is 2. The van der Waals surface area contributed by atoms with E-state index in [4.69, 9.17) is 21.1 Å². The normalized spacial score (nSPS) is 10.6. The summed E-state index contributed by atoms with van der Waals surface area (Å²) in [7, 11) is 1.55. The topological polar surface area (TPSA) is 77.0 Å². The molecule has 3 aromatic carbocycles. The van der Waals surface area contributed by atoms with Crippen LogP contribution in [0.3, 0.4) is 0 Å². The van der Waals surface area contributed by atoms with Crippen LogP contribution in [0.4, 0.5) is 0 Å². The zero-order valence-electron chi connectivity index (χ0n) is 15.8. The van der Waals surface area contributed by atoms with Crippen molar-refractivity contribution in [3.8, 4) is 11.5 Å². The van der Waals surface area contributed by atoms with E-state index in [2.05, 4.69) is 26.5 Å². The van der Waals surface area contributed by atoms with Gasteiger partial charge in [-0.2, -0.15) is 5.10 Å². The molecule has 3 aromatic rings. The van der Waals surface area contributed by atoms with Crippen molar-refractivity contribution in [2.75, 3.05) is 7.11 Å². The molecule has 0 radical (unpaired) electrons. The van der Waals surface area contributed by atoms with Gasteiger partial charge in [0.15, 0.2) is 0 Å². The van der Waals surface area contributed by atoms with Crippen LogP contribution >= 0.6 is 27.5 Å². The van der Waals surface area contributed by atoms with Gasteiger partial charge in [-0.3, -0.25) is 4.79 Å². The van der Waals surface area contributed by atoms with Crippen LogP contribution < -0.4 is 14.9 Å².